The zero-order chi connectivity index (χ0) is 32.3. The Bertz CT molecular complexity index is 1630. The summed E-state index contributed by atoms with van der Waals surface area (Å²) in [6.45, 7) is 3.56. The third-order valence-corrected chi connectivity index (χ3v) is 8.36. The number of rotatable bonds is 11. The van der Waals surface area contributed by atoms with Crippen LogP contribution >= 0.6 is 0 Å². The highest BCUT2D eigenvalue weighted by atomic mass is 32.2. The zero-order valence-corrected chi connectivity index (χ0v) is 23.9. The lowest BCUT2D eigenvalue weighted by Gasteiger charge is -2.38. The van der Waals surface area contributed by atoms with Gasteiger partial charge in [-0.3, -0.25) is 4.72 Å². The predicted molar refractivity (Wildman–Crippen MR) is 152 cm³/mol. The highest BCUT2D eigenvalue weighted by Gasteiger charge is 2.43. The lowest BCUT2D eigenvalue weighted by molar-refractivity contribution is -0.161. The van der Waals surface area contributed by atoms with Gasteiger partial charge in [0, 0.05) is 26.9 Å². The second-order valence-corrected chi connectivity index (χ2v) is 11.7. The number of ether oxygens (including phenoxy) is 1. The van der Waals surface area contributed by atoms with E-state index in [0.717, 1.165) is 11.6 Å². The van der Waals surface area contributed by atoms with Crippen LogP contribution in [0, 0.1) is 0 Å². The van der Waals surface area contributed by atoms with Crippen LogP contribution in [0.1, 0.15) is 71.3 Å². The molecular formula is C31H33F3N2O5S. The first-order valence-electron chi connectivity index (χ1n) is 14.5. The Hall–Kier alpha value is -3.86. The van der Waals surface area contributed by atoms with E-state index in [9.17, 15) is 31.5 Å². The molecule has 1 aromatic heterocycles. The third kappa shape index (κ3) is 7.13. The number of anilines is 1. The van der Waals surface area contributed by atoms with Gasteiger partial charge in [0.1, 0.15) is 11.4 Å². The van der Waals surface area contributed by atoms with Crippen molar-refractivity contribution in [3.05, 3.63) is 101 Å². The molecule has 11 heteroatoms. The summed E-state index contributed by atoms with van der Waals surface area (Å²) in [6.07, 6.45) is -5.20. The first-order chi connectivity index (χ1) is 20.6. The second kappa shape index (κ2) is 12.6. The molecular weight excluding hydrogens is 569 g/mol. The van der Waals surface area contributed by atoms with E-state index < -0.39 is 56.4 Å². The van der Waals surface area contributed by atoms with Crippen molar-refractivity contribution in [1.82, 2.24) is 4.98 Å². The quantitative estimate of drug-likeness (QED) is 0.222. The van der Waals surface area contributed by atoms with Crippen LogP contribution in [0.25, 0.3) is 0 Å². The summed E-state index contributed by atoms with van der Waals surface area (Å²) < 4.78 is 90.5. The number of esters is 1. The molecule has 7 nitrogen and oxygen atoms in total. The number of aliphatic hydroxyl groups excluding tert-OH is 1. The molecule has 42 heavy (non-hydrogen) atoms. The summed E-state index contributed by atoms with van der Waals surface area (Å²) in [7, 11) is -4.38. The maximum atomic E-state index is 13.6. The minimum Gasteiger partial charge on any atom is -0.512 e. The Balaban J connectivity index is 1.65. The van der Waals surface area contributed by atoms with Crippen LogP contribution in [0.3, 0.4) is 0 Å². The number of nitrogens with one attached hydrogen (secondary N) is 1. The number of halogens is 3. The summed E-state index contributed by atoms with van der Waals surface area (Å²) in [4.78, 5) is 17.0. The number of cyclic esters (lactones) is 1. The summed E-state index contributed by atoms with van der Waals surface area (Å²) in [5.74, 6) is -2.44. The predicted octanol–water partition coefficient (Wildman–Crippen LogP) is 7.33. The van der Waals surface area contributed by atoms with E-state index in [1.54, 1.807) is 13.0 Å². The van der Waals surface area contributed by atoms with E-state index in [2.05, 4.69) is 9.71 Å². The first kappa shape index (κ1) is 28.3. The van der Waals surface area contributed by atoms with Crippen LogP contribution in [0.2, 0.25) is 0 Å². The molecule has 2 N–H and O–H groups in total. The van der Waals surface area contributed by atoms with Crippen LogP contribution < -0.4 is 4.72 Å². The average molecular weight is 605 g/mol. The van der Waals surface area contributed by atoms with Gasteiger partial charge < -0.3 is 9.84 Å². The van der Waals surface area contributed by atoms with Gasteiger partial charge in [0.05, 0.1) is 11.1 Å². The molecule has 0 radical (unpaired) electrons. The minimum absolute atomic E-state index is 0.0260. The number of aliphatic hydroxyl groups is 1. The van der Waals surface area contributed by atoms with E-state index in [1.165, 1.54) is 18.2 Å². The topological polar surface area (TPSA) is 106 Å². The van der Waals surface area contributed by atoms with Gasteiger partial charge in [0.2, 0.25) is 0 Å². The molecule has 3 aromatic rings. The average Bonchev–Trinajstić information content (AvgIpc) is 2.97. The van der Waals surface area contributed by atoms with Crippen molar-refractivity contribution < 1.29 is 39.0 Å². The Morgan fingerprint density at radius 3 is 2.45 bits per heavy atom. The SMILES string of the molecule is [2H]C1([2H])C(O)=C(C(CC)c2cccc(NS(=O)(=O)c3ccc(C(F)(F)F)cn3)c2)C(=O)OC1(CCC)CCc1ccccc1. The number of aromatic nitrogens is 1. The van der Waals surface area contributed by atoms with E-state index in [1.807, 2.05) is 37.3 Å². The van der Waals surface area contributed by atoms with Crippen molar-refractivity contribution in [1.29, 1.82) is 0 Å². The lowest BCUT2D eigenvalue weighted by Crippen LogP contribution is -2.41. The van der Waals surface area contributed by atoms with E-state index in [4.69, 9.17) is 7.48 Å². The van der Waals surface area contributed by atoms with Gasteiger partial charge >= 0.3 is 12.1 Å². The van der Waals surface area contributed by atoms with Crippen molar-refractivity contribution in [2.45, 2.75) is 75.0 Å². The fraction of sp³-hybridized carbons (Fsp3) is 0.355. The van der Waals surface area contributed by atoms with Gasteiger partial charge in [0.25, 0.3) is 10.0 Å². The molecule has 0 spiro atoms. The molecule has 0 saturated heterocycles. The molecule has 2 unspecified atom stereocenters. The molecule has 1 aliphatic rings. The molecule has 0 aliphatic carbocycles. The standard InChI is InChI=1S/C31H33F3N2O5S/c1-3-16-30(17-15-21-9-6-5-7-10-21)19-26(37)28(29(38)41-30)25(4-2)22-11-8-12-24(18-22)36-42(39,40)27-14-13-23(20-35-27)31(32,33)34/h5-14,18,20,25,36-37H,3-4,15-17,19H2,1-2H3/i19D2. The smallest absolute Gasteiger partial charge is 0.417 e. The number of sulfonamides is 1. The number of carbonyl (C=O) groups excluding carboxylic acids is 1. The lowest BCUT2D eigenvalue weighted by atomic mass is 9.80. The molecule has 0 amide bonds. The van der Waals surface area contributed by atoms with Gasteiger partial charge in [0.15, 0.2) is 5.03 Å². The van der Waals surface area contributed by atoms with Crippen LogP contribution in [0.15, 0.2) is 89.3 Å². The number of hydrogen-bond donors (Lipinski definition) is 2. The molecule has 2 heterocycles. The van der Waals surface area contributed by atoms with Crippen LogP contribution in [0.5, 0.6) is 0 Å². The number of benzene rings is 2. The monoisotopic (exact) mass is 604 g/mol. The number of aryl methyl sites for hydroxylation is 1. The van der Waals surface area contributed by atoms with Gasteiger partial charge in [-0.05, 0) is 61.1 Å². The zero-order valence-electron chi connectivity index (χ0n) is 25.1. The maximum Gasteiger partial charge on any atom is 0.417 e. The second-order valence-electron chi connectivity index (χ2n) is 10.1. The molecule has 4 rings (SSSR count). The van der Waals surface area contributed by atoms with Crippen molar-refractivity contribution in [2.24, 2.45) is 0 Å². The maximum absolute atomic E-state index is 13.6. The Kier molecular flexibility index (Phi) is 8.46. The number of carbonyl (C=O) groups is 1. The van der Waals surface area contributed by atoms with Crippen molar-refractivity contribution in [3.8, 4) is 0 Å². The molecule has 1 aliphatic heterocycles. The van der Waals surface area contributed by atoms with Gasteiger partial charge in [-0.25, -0.2) is 9.78 Å². The van der Waals surface area contributed by atoms with Crippen molar-refractivity contribution in [3.63, 3.8) is 0 Å². The van der Waals surface area contributed by atoms with E-state index >= 15 is 0 Å². The highest BCUT2D eigenvalue weighted by molar-refractivity contribution is 7.92. The number of alkyl halides is 3. The highest BCUT2D eigenvalue weighted by Crippen LogP contribution is 2.42. The molecule has 0 saturated carbocycles. The normalized spacial score (nSPS) is 20.4. The van der Waals surface area contributed by atoms with Crippen LogP contribution in [-0.4, -0.2) is 30.1 Å². The number of pyridine rings is 1. The van der Waals surface area contributed by atoms with Gasteiger partial charge in [-0.1, -0.05) is 62.7 Å². The summed E-state index contributed by atoms with van der Waals surface area (Å²) in [5.41, 5.74) is -1.62. The van der Waals surface area contributed by atoms with Crippen molar-refractivity contribution >= 4 is 21.7 Å². The van der Waals surface area contributed by atoms with E-state index in [0.29, 0.717) is 30.7 Å². The van der Waals surface area contributed by atoms with Gasteiger partial charge in [-0.15, -0.1) is 0 Å². The minimum atomic E-state index is -4.68. The Labute approximate surface area is 246 Å². The molecule has 0 fully saturated rings. The fourth-order valence-electron chi connectivity index (χ4n) is 5.03. The molecule has 2 aromatic carbocycles. The summed E-state index contributed by atoms with van der Waals surface area (Å²) >= 11 is 0. The molecule has 2 atom stereocenters. The fourth-order valence-corrected chi connectivity index (χ4v) is 6.01. The number of hydrogen-bond acceptors (Lipinski definition) is 6. The largest absolute Gasteiger partial charge is 0.512 e. The van der Waals surface area contributed by atoms with Crippen LogP contribution in [-0.2, 0) is 32.2 Å². The Morgan fingerprint density at radius 2 is 1.83 bits per heavy atom. The first-order valence-corrected chi connectivity index (χ1v) is 15.0. The summed E-state index contributed by atoms with van der Waals surface area (Å²) in [6, 6.07) is 16.6. The van der Waals surface area contributed by atoms with Gasteiger partial charge in [-0.2, -0.15) is 21.6 Å². The summed E-state index contributed by atoms with van der Waals surface area (Å²) in [5, 5.41) is 10.7. The van der Waals surface area contributed by atoms with Crippen LogP contribution in [0.4, 0.5) is 18.9 Å². The number of nitrogens with zero attached hydrogens (tertiary/aromatic N) is 1. The van der Waals surface area contributed by atoms with Crippen molar-refractivity contribution in [2.75, 3.05) is 4.72 Å². The van der Waals surface area contributed by atoms with E-state index in [-0.39, 0.29) is 30.5 Å². The molecule has 0 bridgehead atoms. The third-order valence-electron chi connectivity index (χ3n) is 7.06. The Morgan fingerprint density at radius 1 is 1.10 bits per heavy atom. The molecule has 224 valence electrons.